The minimum atomic E-state index is -1.36. The van der Waals surface area contributed by atoms with Crippen LogP contribution >= 0.6 is 34.8 Å². The molecule has 0 atom stereocenters. The van der Waals surface area contributed by atoms with Gasteiger partial charge in [0.05, 0.1) is 6.61 Å². The monoisotopic (exact) mass is 322 g/mol. The van der Waals surface area contributed by atoms with Crippen molar-refractivity contribution in [2.45, 2.75) is 43.8 Å². The van der Waals surface area contributed by atoms with Crippen LogP contribution < -0.4 is 0 Å². The first-order chi connectivity index (χ1) is 8.81. The number of rotatable bonds is 6. The number of allylic oxidation sites excluding steroid dienone is 4. The van der Waals surface area contributed by atoms with Gasteiger partial charge in [-0.3, -0.25) is 0 Å². The molecule has 1 nitrogen and oxygen atoms in total. The lowest BCUT2D eigenvalue weighted by Gasteiger charge is -2.08. The molecular weight excluding hydrogens is 303 g/mol. The van der Waals surface area contributed by atoms with Crippen LogP contribution in [0.5, 0.6) is 0 Å². The Balaban J connectivity index is 3.74. The molecule has 0 bridgehead atoms. The largest absolute Gasteiger partial charge is 0.364 e. The quantitative estimate of drug-likeness (QED) is 0.273. The molecule has 0 saturated heterocycles. The van der Waals surface area contributed by atoms with Gasteiger partial charge >= 0.3 is 0 Å². The van der Waals surface area contributed by atoms with Crippen LogP contribution in [-0.4, -0.2) is 17.0 Å². The molecule has 0 aliphatic rings. The van der Waals surface area contributed by atoms with Crippen LogP contribution in [0.3, 0.4) is 0 Å². The van der Waals surface area contributed by atoms with E-state index in [9.17, 15) is 0 Å². The van der Waals surface area contributed by atoms with Crippen LogP contribution in [-0.2, 0) is 4.74 Å². The van der Waals surface area contributed by atoms with Crippen LogP contribution in [0.15, 0.2) is 23.3 Å². The third-order valence-electron chi connectivity index (χ3n) is 2.21. The Hall–Kier alpha value is -0.130. The van der Waals surface area contributed by atoms with E-state index in [1.807, 2.05) is 0 Å². The van der Waals surface area contributed by atoms with Crippen molar-refractivity contribution >= 4 is 34.8 Å². The number of hydrogen-bond acceptors (Lipinski definition) is 1. The van der Waals surface area contributed by atoms with Crippen LogP contribution in [0, 0.1) is 11.8 Å². The molecule has 0 aliphatic carbocycles. The first kappa shape index (κ1) is 18.9. The fourth-order valence-electron chi connectivity index (χ4n) is 1.26. The maximum atomic E-state index is 5.53. The summed E-state index contributed by atoms with van der Waals surface area (Å²) >= 11 is 16.6. The van der Waals surface area contributed by atoms with Gasteiger partial charge in [0, 0.05) is 6.42 Å². The minimum absolute atomic E-state index is 0.0594. The average Bonchev–Trinajstić information content (AvgIpc) is 2.25. The van der Waals surface area contributed by atoms with Gasteiger partial charge in [0.25, 0.3) is 0 Å². The van der Waals surface area contributed by atoms with Crippen LogP contribution in [0.4, 0.5) is 0 Å². The van der Waals surface area contributed by atoms with Gasteiger partial charge in [-0.25, -0.2) is 0 Å². The average molecular weight is 324 g/mol. The lowest BCUT2D eigenvalue weighted by molar-refractivity contribution is 0.173. The summed E-state index contributed by atoms with van der Waals surface area (Å²) in [5, 5.41) is 0. The predicted octanol–water partition coefficient (Wildman–Crippen LogP) is 5.46. The normalized spacial score (nSPS) is 11.8. The standard InChI is InChI=1S/C15H21Cl3O/c1-13(2)8-7-10-14(3)9-5-4-6-11-19-12-15(16,17)18/h8-9H,5,7,10-12H2,1-3H3/b14-9+. The molecule has 0 aromatic carbocycles. The van der Waals surface area contributed by atoms with Crippen molar-refractivity contribution < 1.29 is 4.74 Å². The molecule has 0 aromatic heterocycles. The summed E-state index contributed by atoms with van der Waals surface area (Å²) in [5.41, 5.74) is 2.72. The van der Waals surface area contributed by atoms with E-state index < -0.39 is 3.79 Å². The molecule has 0 aliphatic heterocycles. The highest BCUT2D eigenvalue weighted by atomic mass is 35.6. The van der Waals surface area contributed by atoms with E-state index in [0.29, 0.717) is 6.61 Å². The van der Waals surface area contributed by atoms with Gasteiger partial charge in [-0.05, 0) is 33.6 Å². The van der Waals surface area contributed by atoms with Crippen molar-refractivity contribution in [3.8, 4) is 11.8 Å². The summed E-state index contributed by atoms with van der Waals surface area (Å²) < 4.78 is 3.74. The highest BCUT2D eigenvalue weighted by Gasteiger charge is 2.18. The molecule has 0 amide bonds. The van der Waals surface area contributed by atoms with Crippen molar-refractivity contribution in [3.05, 3.63) is 23.3 Å². The molecule has 0 heterocycles. The van der Waals surface area contributed by atoms with E-state index in [4.69, 9.17) is 39.5 Å². The lowest BCUT2D eigenvalue weighted by atomic mass is 10.1. The van der Waals surface area contributed by atoms with Gasteiger partial charge in [0.1, 0.15) is 6.61 Å². The van der Waals surface area contributed by atoms with E-state index in [2.05, 4.69) is 44.8 Å². The number of hydrogen-bond donors (Lipinski definition) is 0. The molecule has 0 N–H and O–H groups in total. The highest BCUT2D eigenvalue weighted by molar-refractivity contribution is 6.67. The SMILES string of the molecule is CC(C)=CCC/C(C)=C/CC#CCOCC(Cl)(Cl)Cl. The van der Waals surface area contributed by atoms with Gasteiger partial charge in [0.2, 0.25) is 3.79 Å². The van der Waals surface area contributed by atoms with Gasteiger partial charge in [0.15, 0.2) is 0 Å². The predicted molar refractivity (Wildman–Crippen MR) is 85.9 cm³/mol. The number of ether oxygens (including phenoxy) is 1. The third-order valence-corrected chi connectivity index (χ3v) is 2.54. The summed E-state index contributed by atoms with van der Waals surface area (Å²) in [4.78, 5) is 0. The van der Waals surface area contributed by atoms with E-state index in [1.54, 1.807) is 0 Å². The zero-order valence-corrected chi connectivity index (χ0v) is 14.0. The Morgan fingerprint density at radius 1 is 1.11 bits per heavy atom. The fourth-order valence-corrected chi connectivity index (χ4v) is 1.49. The molecule has 0 aromatic rings. The molecule has 19 heavy (non-hydrogen) atoms. The molecule has 0 saturated carbocycles. The second-order valence-corrected chi connectivity index (χ2v) is 7.05. The Kier molecular flexibility index (Phi) is 10.6. The molecule has 0 fully saturated rings. The van der Waals surface area contributed by atoms with E-state index in [1.165, 1.54) is 11.1 Å². The highest BCUT2D eigenvalue weighted by Crippen LogP contribution is 2.25. The van der Waals surface area contributed by atoms with Crippen LogP contribution in [0.2, 0.25) is 0 Å². The van der Waals surface area contributed by atoms with Crippen molar-refractivity contribution in [2.75, 3.05) is 13.2 Å². The molecule has 0 unspecified atom stereocenters. The Labute approximate surface area is 131 Å². The van der Waals surface area contributed by atoms with Crippen molar-refractivity contribution in [3.63, 3.8) is 0 Å². The second kappa shape index (κ2) is 10.6. The zero-order valence-electron chi connectivity index (χ0n) is 11.7. The second-order valence-electron chi connectivity index (χ2n) is 4.54. The first-order valence-corrected chi connectivity index (χ1v) is 7.34. The summed E-state index contributed by atoms with van der Waals surface area (Å²) in [5.74, 6) is 5.89. The van der Waals surface area contributed by atoms with Gasteiger partial charge < -0.3 is 4.74 Å². The number of halogens is 3. The van der Waals surface area contributed by atoms with Crippen molar-refractivity contribution in [1.29, 1.82) is 0 Å². The Morgan fingerprint density at radius 3 is 2.37 bits per heavy atom. The maximum Gasteiger partial charge on any atom is 0.213 e. The summed E-state index contributed by atoms with van der Waals surface area (Å²) in [6.45, 7) is 6.70. The first-order valence-electron chi connectivity index (χ1n) is 6.20. The third kappa shape index (κ3) is 15.8. The van der Waals surface area contributed by atoms with Gasteiger partial charge in [-0.2, -0.15) is 0 Å². The zero-order chi connectivity index (χ0) is 14.7. The summed E-state index contributed by atoms with van der Waals surface area (Å²) in [6, 6.07) is 0. The van der Waals surface area contributed by atoms with Gasteiger partial charge in [-0.15, -0.1) is 0 Å². The molecule has 4 heteroatoms. The molecule has 0 spiro atoms. The molecule has 0 rings (SSSR count). The maximum absolute atomic E-state index is 5.53. The molecule has 0 radical (unpaired) electrons. The summed E-state index contributed by atoms with van der Waals surface area (Å²) in [6.07, 6.45) is 7.28. The van der Waals surface area contributed by atoms with E-state index >= 15 is 0 Å². The van der Waals surface area contributed by atoms with Crippen LogP contribution in [0.1, 0.15) is 40.0 Å². The Bertz CT molecular complexity index is 363. The smallest absolute Gasteiger partial charge is 0.213 e. The van der Waals surface area contributed by atoms with E-state index in [-0.39, 0.29) is 6.61 Å². The van der Waals surface area contributed by atoms with Crippen molar-refractivity contribution in [2.24, 2.45) is 0 Å². The topological polar surface area (TPSA) is 9.23 Å². The van der Waals surface area contributed by atoms with Crippen LogP contribution in [0.25, 0.3) is 0 Å². The van der Waals surface area contributed by atoms with E-state index in [0.717, 1.165) is 19.3 Å². The fraction of sp³-hybridized carbons (Fsp3) is 0.600. The Morgan fingerprint density at radius 2 is 1.79 bits per heavy atom. The minimum Gasteiger partial charge on any atom is -0.364 e. The van der Waals surface area contributed by atoms with Crippen molar-refractivity contribution in [1.82, 2.24) is 0 Å². The number of alkyl halides is 3. The molecule has 108 valence electrons. The lowest BCUT2D eigenvalue weighted by Crippen LogP contribution is -2.12. The summed E-state index contributed by atoms with van der Waals surface area (Å²) in [7, 11) is 0. The van der Waals surface area contributed by atoms with Gasteiger partial charge in [-0.1, -0.05) is 69.9 Å². The molecular formula is C15H21Cl3O.